The molecule has 0 bridgehead atoms. The molecule has 3 aliphatic rings. The van der Waals surface area contributed by atoms with Crippen molar-refractivity contribution in [3.8, 4) is 0 Å². The van der Waals surface area contributed by atoms with E-state index in [9.17, 15) is 18.0 Å². The van der Waals surface area contributed by atoms with Crippen LogP contribution in [-0.4, -0.2) is 92.3 Å². The predicted octanol–water partition coefficient (Wildman–Crippen LogP) is 2.27. The van der Waals surface area contributed by atoms with Gasteiger partial charge in [-0.25, -0.2) is 18.2 Å². The van der Waals surface area contributed by atoms with Gasteiger partial charge in [-0.05, 0) is 37.2 Å². The van der Waals surface area contributed by atoms with Gasteiger partial charge in [0.15, 0.2) is 5.13 Å². The first-order valence-corrected chi connectivity index (χ1v) is 14.0. The summed E-state index contributed by atoms with van der Waals surface area (Å²) in [5.74, 6) is -0.0371. The fraction of sp³-hybridized carbons (Fsp3) is 0.500. The number of rotatable bonds is 3. The Morgan fingerprint density at radius 2 is 1.89 bits per heavy atom. The second-order valence-electron chi connectivity index (χ2n) is 9.34. The first kappa shape index (κ1) is 24.4. The number of carbonyl (C=O) groups is 2. The highest BCUT2D eigenvalue weighted by Crippen LogP contribution is 2.47. The van der Waals surface area contributed by atoms with Crippen LogP contribution in [0.15, 0.2) is 29.3 Å². The largest absolute Gasteiger partial charge is 0.342 e. The highest BCUT2D eigenvalue weighted by atomic mass is 35.5. The number of sulfonamides is 1. The molecule has 3 aliphatic heterocycles. The van der Waals surface area contributed by atoms with Crippen molar-refractivity contribution >= 4 is 55.7 Å². The molecule has 1 aromatic heterocycles. The first-order chi connectivity index (χ1) is 16.6. The second kappa shape index (κ2) is 9.00. The fourth-order valence-electron chi connectivity index (χ4n) is 5.13. The van der Waals surface area contributed by atoms with Crippen LogP contribution in [0.5, 0.6) is 0 Å². The van der Waals surface area contributed by atoms with Gasteiger partial charge in [0, 0.05) is 63.8 Å². The number of likely N-dealkylation sites (N-methyl/N-ethyl adjacent to an activating group) is 1. The Kier molecular flexibility index (Phi) is 6.29. The summed E-state index contributed by atoms with van der Waals surface area (Å²) >= 11 is 7.11. The molecular formula is C22H27ClN6O4S2. The quantitative estimate of drug-likeness (QED) is 0.642. The van der Waals surface area contributed by atoms with E-state index in [0.717, 1.165) is 16.9 Å². The number of hydrogen-bond donors (Lipinski definition) is 1. The van der Waals surface area contributed by atoms with E-state index in [-0.39, 0.29) is 16.8 Å². The Hall–Kier alpha value is -2.25. The number of fused-ring (bicyclic) bond motifs is 2. The molecule has 4 heterocycles. The maximum atomic E-state index is 13.5. The summed E-state index contributed by atoms with van der Waals surface area (Å²) in [7, 11) is -1.71. The van der Waals surface area contributed by atoms with Crippen LogP contribution >= 0.6 is 22.9 Å². The van der Waals surface area contributed by atoms with Gasteiger partial charge < -0.3 is 9.80 Å². The van der Waals surface area contributed by atoms with Crippen molar-refractivity contribution in [2.24, 2.45) is 0 Å². The molecule has 3 amide bonds. The van der Waals surface area contributed by atoms with Crippen LogP contribution in [0.2, 0.25) is 4.34 Å². The van der Waals surface area contributed by atoms with Crippen LogP contribution in [0, 0.1) is 0 Å². The van der Waals surface area contributed by atoms with E-state index >= 15 is 0 Å². The molecule has 1 unspecified atom stereocenters. The molecule has 10 nitrogen and oxygen atoms in total. The lowest BCUT2D eigenvalue weighted by Gasteiger charge is -2.32. The lowest BCUT2D eigenvalue weighted by Crippen LogP contribution is -2.47. The molecule has 0 radical (unpaired) electrons. The Bertz CT molecular complexity index is 1280. The number of amides is 3. The molecule has 5 rings (SSSR count). The minimum atomic E-state index is -3.68. The van der Waals surface area contributed by atoms with Crippen molar-refractivity contribution in [1.82, 2.24) is 19.1 Å². The molecule has 1 N–H and O–H groups in total. The average molecular weight is 539 g/mol. The summed E-state index contributed by atoms with van der Waals surface area (Å²) in [6.45, 7) is 5.08. The number of piperazine rings is 1. The van der Waals surface area contributed by atoms with E-state index < -0.39 is 15.4 Å². The number of nitrogens with zero attached hydrogens (tertiary/aromatic N) is 5. The van der Waals surface area contributed by atoms with Gasteiger partial charge in [0.1, 0.15) is 4.34 Å². The van der Waals surface area contributed by atoms with Crippen LogP contribution in [-0.2, 0) is 20.2 Å². The van der Waals surface area contributed by atoms with Gasteiger partial charge in [-0.15, -0.1) is 0 Å². The van der Waals surface area contributed by atoms with E-state index in [0.29, 0.717) is 67.4 Å². The number of aromatic nitrogens is 1. The zero-order valence-electron chi connectivity index (χ0n) is 19.5. The summed E-state index contributed by atoms with van der Waals surface area (Å²) in [5, 5.41) is 3.17. The van der Waals surface area contributed by atoms with Crippen LogP contribution in [0.4, 0.5) is 15.6 Å². The van der Waals surface area contributed by atoms with Gasteiger partial charge >= 0.3 is 6.03 Å². The Labute approximate surface area is 213 Å². The van der Waals surface area contributed by atoms with Crippen molar-refractivity contribution in [2.45, 2.75) is 23.7 Å². The van der Waals surface area contributed by atoms with E-state index in [4.69, 9.17) is 11.6 Å². The molecule has 35 heavy (non-hydrogen) atoms. The fourth-order valence-corrected chi connectivity index (χ4v) is 7.38. The van der Waals surface area contributed by atoms with Gasteiger partial charge in [0.2, 0.25) is 15.9 Å². The van der Waals surface area contributed by atoms with Gasteiger partial charge in [-0.1, -0.05) is 22.9 Å². The number of nitrogens with one attached hydrogen (secondary N) is 1. The highest BCUT2D eigenvalue weighted by Gasteiger charge is 2.50. The van der Waals surface area contributed by atoms with Gasteiger partial charge in [-0.2, -0.15) is 4.31 Å². The lowest BCUT2D eigenvalue weighted by atomic mass is 9.81. The van der Waals surface area contributed by atoms with E-state index in [1.165, 1.54) is 17.4 Å². The van der Waals surface area contributed by atoms with E-state index in [1.54, 1.807) is 28.0 Å². The van der Waals surface area contributed by atoms with Gasteiger partial charge in [0.25, 0.3) is 0 Å². The third kappa shape index (κ3) is 4.42. The third-order valence-electron chi connectivity index (χ3n) is 7.13. The van der Waals surface area contributed by atoms with E-state index in [2.05, 4.69) is 15.2 Å². The zero-order chi connectivity index (χ0) is 25.0. The maximum absolute atomic E-state index is 13.5. The molecule has 2 fully saturated rings. The summed E-state index contributed by atoms with van der Waals surface area (Å²) < 4.78 is 28.9. The minimum absolute atomic E-state index is 0.0371. The number of anilines is 2. The molecular weight excluding hydrogens is 512 g/mol. The van der Waals surface area contributed by atoms with Gasteiger partial charge in [0.05, 0.1) is 11.1 Å². The van der Waals surface area contributed by atoms with Gasteiger partial charge in [-0.3, -0.25) is 15.0 Å². The smallest absolute Gasteiger partial charge is 0.328 e. The summed E-state index contributed by atoms with van der Waals surface area (Å²) in [6, 6.07) is 4.62. The molecule has 1 aromatic carbocycles. The molecule has 0 saturated carbocycles. The molecule has 2 aromatic rings. The Morgan fingerprint density at radius 1 is 1.14 bits per heavy atom. The summed E-state index contributed by atoms with van der Waals surface area (Å²) in [4.78, 5) is 35.1. The van der Waals surface area contributed by atoms with Crippen molar-refractivity contribution in [3.05, 3.63) is 34.3 Å². The number of carbonyl (C=O) groups excluding carboxylic acids is 2. The Balaban J connectivity index is 1.50. The standard InChI is InChI=1S/C22H27ClN6O4S2/c1-15(30)27-6-5-22(13-27)14-29(21(31)25-20-24-12-19(23)34-20)18-4-3-16(11-17(18)22)35(32,33)28-9-7-26(2)8-10-28/h3-4,11-12H,5-10,13-14H2,1-2H3,(H,24,25,31). The van der Waals surface area contributed by atoms with Crippen molar-refractivity contribution < 1.29 is 18.0 Å². The van der Waals surface area contributed by atoms with Crippen LogP contribution in [0.3, 0.4) is 0 Å². The number of thiazole rings is 1. The predicted molar refractivity (Wildman–Crippen MR) is 135 cm³/mol. The number of urea groups is 1. The first-order valence-electron chi connectivity index (χ1n) is 11.4. The SMILES string of the molecule is CC(=O)N1CCC2(C1)CN(C(=O)Nc1ncc(Cl)s1)c1ccc(S(=O)(=O)N3CCN(C)CC3)cc12. The molecule has 188 valence electrons. The van der Waals surface area contributed by atoms with Crippen molar-refractivity contribution in [2.75, 3.05) is 63.1 Å². The van der Waals surface area contributed by atoms with Crippen LogP contribution < -0.4 is 10.2 Å². The van der Waals surface area contributed by atoms with Crippen LogP contribution in [0.1, 0.15) is 18.9 Å². The van der Waals surface area contributed by atoms with Crippen molar-refractivity contribution in [1.29, 1.82) is 0 Å². The molecule has 1 spiro atoms. The third-order valence-corrected chi connectivity index (χ3v) is 10.1. The number of hydrogen-bond acceptors (Lipinski definition) is 7. The monoisotopic (exact) mass is 538 g/mol. The normalized spacial score (nSPS) is 23.2. The minimum Gasteiger partial charge on any atom is -0.342 e. The maximum Gasteiger partial charge on any atom is 0.328 e. The molecule has 1 atom stereocenters. The molecule has 13 heteroatoms. The van der Waals surface area contributed by atoms with Crippen LogP contribution in [0.25, 0.3) is 0 Å². The topological polar surface area (TPSA) is 106 Å². The van der Waals surface area contributed by atoms with Crippen molar-refractivity contribution in [3.63, 3.8) is 0 Å². The molecule has 0 aliphatic carbocycles. The Morgan fingerprint density at radius 3 is 2.51 bits per heavy atom. The summed E-state index contributed by atoms with van der Waals surface area (Å²) in [5.41, 5.74) is 0.892. The highest BCUT2D eigenvalue weighted by molar-refractivity contribution is 7.89. The second-order valence-corrected chi connectivity index (χ2v) is 12.9. The molecule has 2 saturated heterocycles. The zero-order valence-corrected chi connectivity index (χ0v) is 21.9. The number of likely N-dealkylation sites (tertiary alicyclic amines) is 1. The van der Waals surface area contributed by atoms with E-state index in [1.807, 2.05) is 7.05 Å². The number of halogens is 1. The average Bonchev–Trinajstić information content (AvgIpc) is 3.52. The lowest BCUT2D eigenvalue weighted by molar-refractivity contribution is -0.127. The number of benzene rings is 1. The summed E-state index contributed by atoms with van der Waals surface area (Å²) in [6.07, 6.45) is 2.11.